The molecule has 0 aromatic heterocycles. The van der Waals surface area contributed by atoms with Crippen molar-refractivity contribution in [1.82, 2.24) is 0 Å². The van der Waals surface area contributed by atoms with Crippen LogP contribution in [0.3, 0.4) is 0 Å². The lowest BCUT2D eigenvalue weighted by Gasteiger charge is -2.46. The molecule has 0 saturated heterocycles. The fraction of sp³-hybridized carbons (Fsp3) is 1.00. The molecule has 248 valence electrons. The Bertz CT molecular complexity index is 805. The maximum Gasteiger partial charge on any atom is 0.459 e. The fourth-order valence-corrected chi connectivity index (χ4v) is 7.95. The van der Waals surface area contributed by atoms with Crippen molar-refractivity contribution in [2.75, 3.05) is 0 Å². The van der Waals surface area contributed by atoms with Gasteiger partial charge in [0.15, 0.2) is 0 Å². The van der Waals surface area contributed by atoms with Crippen LogP contribution in [-0.2, 0) is 0 Å². The van der Waals surface area contributed by atoms with E-state index in [9.17, 15) is 114 Å². The van der Waals surface area contributed by atoms with Crippen molar-refractivity contribution in [3.8, 4) is 0 Å². The van der Waals surface area contributed by atoms with Crippen molar-refractivity contribution >= 4 is 31.4 Å². The van der Waals surface area contributed by atoms with E-state index in [2.05, 4.69) is 0 Å². The van der Waals surface area contributed by atoms with Crippen molar-refractivity contribution in [2.45, 2.75) is 70.2 Å². The van der Waals surface area contributed by atoms with Crippen molar-refractivity contribution in [1.29, 1.82) is 0 Å². The van der Waals surface area contributed by atoms with E-state index in [1.54, 1.807) is 0 Å². The second-order valence-corrected chi connectivity index (χ2v) is 11.2. The summed E-state index contributed by atoms with van der Waals surface area (Å²) in [5.41, 5.74) is 0. The van der Waals surface area contributed by atoms with Gasteiger partial charge in [-0.25, -0.2) is 0 Å². The van der Waals surface area contributed by atoms with E-state index < -0.39 is 102 Å². The molecule has 0 amide bonds. The average molecular weight is 734 g/mol. The standard InChI is InChI=1S/C12F26S3/c13-3(14,5(17,18)11(33,34)35)1(7(21,22)23,8(24,25)26)39-41-40-2(9(27,28)29,10(30,31)32)4(15,16)6(19,20)12(36,37)38. The number of rotatable bonds is 8. The van der Waals surface area contributed by atoms with Crippen LogP contribution in [-0.4, -0.2) is 70.2 Å². The van der Waals surface area contributed by atoms with Crippen LogP contribution in [0.4, 0.5) is 114 Å². The Morgan fingerprint density at radius 2 is 0.390 bits per heavy atom. The summed E-state index contributed by atoms with van der Waals surface area (Å²) >= 11 is 0. The van der Waals surface area contributed by atoms with Crippen LogP contribution < -0.4 is 0 Å². The van der Waals surface area contributed by atoms with Gasteiger partial charge in [0.2, 0.25) is 0 Å². The Hall–Kier alpha value is -0.770. The Kier molecular flexibility index (Phi) is 10.2. The molecule has 0 radical (unpaired) electrons. The van der Waals surface area contributed by atoms with Crippen LogP contribution in [0.25, 0.3) is 0 Å². The molecule has 0 rings (SSSR count). The first-order chi connectivity index (χ1) is 17.2. The molecule has 29 heteroatoms. The minimum atomic E-state index is -8.76. The van der Waals surface area contributed by atoms with Crippen molar-refractivity contribution in [3.05, 3.63) is 0 Å². The fourth-order valence-electron chi connectivity index (χ4n) is 2.24. The summed E-state index contributed by atoms with van der Waals surface area (Å²) < 4.78 is 323. The first kappa shape index (κ1) is 40.2. The van der Waals surface area contributed by atoms with Crippen LogP contribution in [0.5, 0.6) is 0 Å². The Balaban J connectivity index is 7.64. The maximum atomic E-state index is 13.9. The molecule has 0 unspecified atom stereocenters. The molecule has 0 aliphatic rings. The molecular weight excluding hydrogens is 734 g/mol. The largest absolute Gasteiger partial charge is 0.459 e. The maximum absolute atomic E-state index is 13.9. The van der Waals surface area contributed by atoms with Crippen LogP contribution in [0.2, 0.25) is 0 Å². The molecule has 0 aliphatic carbocycles. The molecule has 0 bridgehead atoms. The molecule has 0 N–H and O–H groups in total. The SMILES string of the molecule is FC(F)(F)C(F)(F)C(F)(F)C(SSSC(C(F)(F)F)(C(F)(F)F)C(F)(F)C(F)(F)C(F)(F)F)(C(F)(F)F)C(F)(F)F. The van der Waals surface area contributed by atoms with E-state index >= 15 is 0 Å². The lowest BCUT2D eigenvalue weighted by Crippen LogP contribution is -2.73. The van der Waals surface area contributed by atoms with E-state index in [0.29, 0.717) is 0 Å². The van der Waals surface area contributed by atoms with Gasteiger partial charge in [0.25, 0.3) is 9.49 Å². The average Bonchev–Trinajstić information content (AvgIpc) is 2.60. The lowest BCUT2D eigenvalue weighted by atomic mass is 9.92. The van der Waals surface area contributed by atoms with Crippen LogP contribution >= 0.6 is 31.4 Å². The van der Waals surface area contributed by atoms with Crippen LogP contribution in [0.1, 0.15) is 0 Å². The van der Waals surface area contributed by atoms with Gasteiger partial charge in [0.05, 0.1) is 0 Å². The topological polar surface area (TPSA) is 0 Å². The number of hydrogen-bond donors (Lipinski definition) is 0. The third kappa shape index (κ3) is 5.75. The van der Waals surface area contributed by atoms with Crippen LogP contribution in [0, 0.1) is 0 Å². The minimum absolute atomic E-state index is 3.13. The predicted molar refractivity (Wildman–Crippen MR) is 84.4 cm³/mol. The third-order valence-corrected chi connectivity index (χ3v) is 9.51. The van der Waals surface area contributed by atoms with Gasteiger partial charge in [0, 0.05) is 0 Å². The molecule has 41 heavy (non-hydrogen) atoms. The van der Waals surface area contributed by atoms with Crippen LogP contribution in [0.15, 0.2) is 0 Å². The minimum Gasteiger partial charge on any atom is -0.197 e. The molecule has 0 saturated carbocycles. The van der Waals surface area contributed by atoms with Crippen molar-refractivity contribution in [2.24, 2.45) is 0 Å². The summed E-state index contributed by atoms with van der Waals surface area (Å²) in [4.78, 5) is 0. The molecule has 0 aromatic rings. The number of halogens is 26. The molecule has 0 heterocycles. The Labute approximate surface area is 216 Å². The zero-order valence-corrected chi connectivity index (χ0v) is 19.5. The number of hydrogen-bond acceptors (Lipinski definition) is 3. The highest BCUT2D eigenvalue weighted by Gasteiger charge is 2.95. The highest BCUT2D eigenvalue weighted by Crippen LogP contribution is 2.74. The first-order valence-electron chi connectivity index (χ1n) is 8.16. The molecule has 0 nitrogen and oxygen atoms in total. The van der Waals surface area contributed by atoms with E-state index in [0.717, 1.165) is 0 Å². The molecule has 0 aromatic carbocycles. The first-order valence-corrected chi connectivity index (χ1v) is 11.6. The number of alkyl halides is 26. The Morgan fingerprint density at radius 3 is 0.512 bits per heavy atom. The summed E-state index contributed by atoms with van der Waals surface area (Å²) in [6, 6.07) is 0. The van der Waals surface area contributed by atoms with E-state index in [1.165, 1.54) is 0 Å². The summed E-state index contributed by atoms with van der Waals surface area (Å²) in [5.74, 6) is -34.6. The van der Waals surface area contributed by atoms with Gasteiger partial charge >= 0.3 is 60.7 Å². The van der Waals surface area contributed by atoms with E-state index in [-0.39, 0.29) is 0 Å². The van der Waals surface area contributed by atoms with E-state index in [1.807, 2.05) is 0 Å². The zero-order chi connectivity index (χ0) is 34.1. The molecular formula is C12F26S3. The predicted octanol–water partition coefficient (Wildman–Crippen LogP) is 10.4. The smallest absolute Gasteiger partial charge is 0.197 e. The summed E-state index contributed by atoms with van der Waals surface area (Å²) in [6.07, 6.45) is -49.7. The summed E-state index contributed by atoms with van der Waals surface area (Å²) in [6.45, 7) is 0. The normalized spacial score (nSPS) is 16.8. The molecule has 0 atom stereocenters. The molecule has 0 spiro atoms. The second-order valence-electron chi connectivity index (χ2n) is 6.88. The van der Waals surface area contributed by atoms with Gasteiger partial charge < -0.3 is 0 Å². The van der Waals surface area contributed by atoms with Gasteiger partial charge in [-0.1, -0.05) is 21.6 Å². The van der Waals surface area contributed by atoms with E-state index in [4.69, 9.17) is 0 Å². The van der Waals surface area contributed by atoms with Gasteiger partial charge in [-0.05, 0) is 9.83 Å². The highest BCUT2D eigenvalue weighted by atomic mass is 33.5. The summed E-state index contributed by atoms with van der Waals surface area (Å²) in [5, 5.41) is 0. The third-order valence-electron chi connectivity index (χ3n) is 4.30. The van der Waals surface area contributed by atoms with Crippen molar-refractivity contribution < 1.29 is 114 Å². The molecule has 0 fully saturated rings. The monoisotopic (exact) mass is 734 g/mol. The highest BCUT2D eigenvalue weighted by molar-refractivity contribution is 9.09. The van der Waals surface area contributed by atoms with Crippen molar-refractivity contribution in [3.63, 3.8) is 0 Å². The quantitative estimate of drug-likeness (QED) is 0.180. The summed E-state index contributed by atoms with van der Waals surface area (Å²) in [7, 11) is -10.4. The van der Waals surface area contributed by atoms with Gasteiger partial charge in [-0.2, -0.15) is 114 Å². The van der Waals surface area contributed by atoms with Gasteiger partial charge in [0.1, 0.15) is 0 Å². The van der Waals surface area contributed by atoms with Gasteiger partial charge in [-0.3, -0.25) is 0 Å². The second kappa shape index (κ2) is 10.4. The van der Waals surface area contributed by atoms with Gasteiger partial charge in [-0.15, -0.1) is 0 Å². The lowest BCUT2D eigenvalue weighted by molar-refractivity contribution is -0.407. The molecule has 0 aliphatic heterocycles. The Morgan fingerprint density at radius 1 is 0.220 bits per heavy atom. The zero-order valence-electron chi connectivity index (χ0n) is 17.1.